The van der Waals surface area contributed by atoms with E-state index < -0.39 is 0 Å². The van der Waals surface area contributed by atoms with Gasteiger partial charge in [-0.2, -0.15) is 5.26 Å². The molecule has 0 atom stereocenters. The van der Waals surface area contributed by atoms with Gasteiger partial charge in [-0.15, -0.1) is 0 Å². The molecule has 16 heavy (non-hydrogen) atoms. The third-order valence-electron chi connectivity index (χ3n) is 2.82. The molecule has 0 saturated heterocycles. The Balaban J connectivity index is 2.60. The van der Waals surface area contributed by atoms with Crippen molar-refractivity contribution in [3.05, 3.63) is 34.9 Å². The SMILES string of the molecule is Cc1cccc(C)c1CNCC(C)(C)C#N. The fraction of sp³-hybridized carbons (Fsp3) is 0.500. The summed E-state index contributed by atoms with van der Waals surface area (Å²) in [6.07, 6.45) is 0. The number of aryl methyl sites for hydroxylation is 2. The van der Waals surface area contributed by atoms with Gasteiger partial charge in [-0.05, 0) is 44.4 Å². The molecule has 0 fully saturated rings. The van der Waals surface area contributed by atoms with E-state index in [1.807, 2.05) is 13.8 Å². The second-order valence-corrected chi connectivity index (χ2v) is 4.97. The minimum absolute atomic E-state index is 0.295. The zero-order valence-electron chi connectivity index (χ0n) is 10.6. The van der Waals surface area contributed by atoms with E-state index >= 15 is 0 Å². The van der Waals surface area contributed by atoms with Gasteiger partial charge < -0.3 is 5.32 Å². The van der Waals surface area contributed by atoms with Crippen LogP contribution in [0.3, 0.4) is 0 Å². The lowest BCUT2D eigenvalue weighted by Gasteiger charge is -2.17. The van der Waals surface area contributed by atoms with Gasteiger partial charge in [0.05, 0.1) is 11.5 Å². The van der Waals surface area contributed by atoms with Crippen LogP contribution in [0.4, 0.5) is 0 Å². The van der Waals surface area contributed by atoms with Crippen LogP contribution in [0.2, 0.25) is 0 Å². The van der Waals surface area contributed by atoms with E-state index in [1.165, 1.54) is 16.7 Å². The lowest BCUT2D eigenvalue weighted by atomic mass is 9.95. The lowest BCUT2D eigenvalue weighted by Crippen LogP contribution is -2.28. The molecule has 1 aromatic carbocycles. The van der Waals surface area contributed by atoms with Gasteiger partial charge in [-0.3, -0.25) is 0 Å². The summed E-state index contributed by atoms with van der Waals surface area (Å²) in [5, 5.41) is 12.3. The summed E-state index contributed by atoms with van der Waals surface area (Å²) in [5.41, 5.74) is 3.66. The molecule has 2 nitrogen and oxygen atoms in total. The van der Waals surface area contributed by atoms with Gasteiger partial charge in [-0.25, -0.2) is 0 Å². The standard InChI is InChI=1S/C14H20N2/c1-11-6-5-7-12(2)13(11)8-16-10-14(3,4)9-15/h5-7,16H,8,10H2,1-4H3. The monoisotopic (exact) mass is 216 g/mol. The normalized spacial score (nSPS) is 11.2. The summed E-state index contributed by atoms with van der Waals surface area (Å²) < 4.78 is 0. The van der Waals surface area contributed by atoms with E-state index in [9.17, 15) is 0 Å². The molecule has 0 aliphatic heterocycles. The maximum Gasteiger partial charge on any atom is 0.0697 e. The van der Waals surface area contributed by atoms with Crippen LogP contribution in [0.25, 0.3) is 0 Å². The maximum absolute atomic E-state index is 8.91. The molecule has 0 unspecified atom stereocenters. The smallest absolute Gasteiger partial charge is 0.0697 e. The Hall–Kier alpha value is -1.33. The number of hydrogen-bond acceptors (Lipinski definition) is 2. The Morgan fingerprint density at radius 2 is 1.81 bits per heavy atom. The fourth-order valence-corrected chi connectivity index (χ4v) is 1.67. The number of rotatable bonds is 4. The van der Waals surface area contributed by atoms with E-state index in [0.717, 1.165) is 13.1 Å². The van der Waals surface area contributed by atoms with Crippen molar-refractivity contribution in [1.82, 2.24) is 5.32 Å². The number of hydrogen-bond donors (Lipinski definition) is 1. The summed E-state index contributed by atoms with van der Waals surface area (Å²) in [5.74, 6) is 0. The van der Waals surface area contributed by atoms with Crippen molar-refractivity contribution in [3.8, 4) is 6.07 Å². The average Bonchev–Trinajstić information content (AvgIpc) is 2.22. The molecule has 1 aromatic rings. The van der Waals surface area contributed by atoms with Gasteiger partial charge in [0.25, 0.3) is 0 Å². The highest BCUT2D eigenvalue weighted by Gasteiger charge is 2.15. The summed E-state index contributed by atoms with van der Waals surface area (Å²) >= 11 is 0. The molecule has 0 saturated carbocycles. The molecule has 0 amide bonds. The van der Waals surface area contributed by atoms with Crippen LogP contribution >= 0.6 is 0 Å². The molecular formula is C14H20N2. The first kappa shape index (κ1) is 12.7. The molecule has 1 rings (SSSR count). The molecule has 0 aliphatic rings. The minimum Gasteiger partial charge on any atom is -0.311 e. The predicted octanol–water partition coefficient (Wildman–Crippen LogP) is 2.94. The zero-order valence-corrected chi connectivity index (χ0v) is 10.6. The van der Waals surface area contributed by atoms with Crippen LogP contribution in [-0.2, 0) is 6.54 Å². The second kappa shape index (κ2) is 5.14. The van der Waals surface area contributed by atoms with E-state index in [0.29, 0.717) is 0 Å². The maximum atomic E-state index is 8.91. The Morgan fingerprint density at radius 1 is 1.25 bits per heavy atom. The lowest BCUT2D eigenvalue weighted by molar-refractivity contribution is 0.444. The van der Waals surface area contributed by atoms with Crippen molar-refractivity contribution in [2.75, 3.05) is 6.54 Å². The summed E-state index contributed by atoms with van der Waals surface area (Å²) in [6.45, 7) is 9.70. The van der Waals surface area contributed by atoms with Crippen LogP contribution in [0.5, 0.6) is 0 Å². The predicted molar refractivity (Wildman–Crippen MR) is 67.0 cm³/mol. The molecular weight excluding hydrogens is 196 g/mol. The number of benzene rings is 1. The van der Waals surface area contributed by atoms with Crippen molar-refractivity contribution < 1.29 is 0 Å². The molecule has 0 aromatic heterocycles. The molecule has 0 spiro atoms. The average molecular weight is 216 g/mol. The Labute approximate surface area is 98.3 Å². The van der Waals surface area contributed by atoms with Crippen LogP contribution in [0, 0.1) is 30.6 Å². The minimum atomic E-state index is -0.295. The third kappa shape index (κ3) is 3.36. The Morgan fingerprint density at radius 3 is 2.31 bits per heavy atom. The molecule has 0 radical (unpaired) electrons. The molecule has 0 heterocycles. The summed E-state index contributed by atoms with van der Waals surface area (Å²) in [4.78, 5) is 0. The van der Waals surface area contributed by atoms with E-state index in [-0.39, 0.29) is 5.41 Å². The van der Waals surface area contributed by atoms with Crippen molar-refractivity contribution in [2.24, 2.45) is 5.41 Å². The molecule has 86 valence electrons. The first-order valence-electron chi connectivity index (χ1n) is 5.63. The van der Waals surface area contributed by atoms with Crippen molar-refractivity contribution >= 4 is 0 Å². The summed E-state index contributed by atoms with van der Waals surface area (Å²) in [6, 6.07) is 8.62. The number of nitriles is 1. The highest BCUT2D eigenvalue weighted by molar-refractivity contribution is 5.33. The van der Waals surface area contributed by atoms with E-state index in [2.05, 4.69) is 43.4 Å². The number of nitrogens with one attached hydrogen (secondary N) is 1. The van der Waals surface area contributed by atoms with E-state index in [1.54, 1.807) is 0 Å². The van der Waals surface area contributed by atoms with Gasteiger partial charge in [0.15, 0.2) is 0 Å². The number of nitrogens with zero attached hydrogens (tertiary/aromatic N) is 1. The first-order valence-corrected chi connectivity index (χ1v) is 5.63. The molecule has 1 N–H and O–H groups in total. The van der Waals surface area contributed by atoms with Crippen LogP contribution in [-0.4, -0.2) is 6.54 Å². The Bertz CT molecular complexity index is 379. The largest absolute Gasteiger partial charge is 0.311 e. The van der Waals surface area contributed by atoms with Gasteiger partial charge >= 0.3 is 0 Å². The van der Waals surface area contributed by atoms with E-state index in [4.69, 9.17) is 5.26 Å². The third-order valence-corrected chi connectivity index (χ3v) is 2.82. The van der Waals surface area contributed by atoms with Gasteiger partial charge in [-0.1, -0.05) is 18.2 Å². The molecule has 2 heteroatoms. The first-order chi connectivity index (χ1) is 7.46. The van der Waals surface area contributed by atoms with Crippen molar-refractivity contribution in [3.63, 3.8) is 0 Å². The fourth-order valence-electron chi connectivity index (χ4n) is 1.67. The highest BCUT2D eigenvalue weighted by atomic mass is 14.9. The molecule has 0 aliphatic carbocycles. The van der Waals surface area contributed by atoms with Crippen LogP contribution < -0.4 is 5.32 Å². The van der Waals surface area contributed by atoms with Crippen molar-refractivity contribution in [1.29, 1.82) is 5.26 Å². The van der Waals surface area contributed by atoms with Gasteiger partial charge in [0, 0.05) is 13.1 Å². The summed E-state index contributed by atoms with van der Waals surface area (Å²) in [7, 11) is 0. The zero-order chi connectivity index (χ0) is 12.2. The van der Waals surface area contributed by atoms with Crippen molar-refractivity contribution in [2.45, 2.75) is 34.2 Å². The molecule has 0 bridgehead atoms. The topological polar surface area (TPSA) is 35.8 Å². The van der Waals surface area contributed by atoms with Gasteiger partial charge in [0.1, 0.15) is 0 Å². The van der Waals surface area contributed by atoms with Crippen LogP contribution in [0.15, 0.2) is 18.2 Å². The van der Waals surface area contributed by atoms with Crippen LogP contribution in [0.1, 0.15) is 30.5 Å². The second-order valence-electron chi connectivity index (χ2n) is 4.97. The quantitative estimate of drug-likeness (QED) is 0.840. The van der Waals surface area contributed by atoms with Gasteiger partial charge in [0.2, 0.25) is 0 Å². The highest BCUT2D eigenvalue weighted by Crippen LogP contribution is 2.14. The Kier molecular flexibility index (Phi) is 4.09.